The first-order chi connectivity index (χ1) is 5.74. The van der Waals surface area contributed by atoms with E-state index in [2.05, 4.69) is 43.9 Å². The van der Waals surface area contributed by atoms with Crippen molar-refractivity contribution in [1.29, 1.82) is 0 Å². The highest BCUT2D eigenvalue weighted by atomic mass is 28.3. The largest absolute Gasteiger partial charge is 0.0985 e. The van der Waals surface area contributed by atoms with Gasteiger partial charge >= 0.3 is 0 Å². The second-order valence-electron chi connectivity index (χ2n) is 3.29. The quantitative estimate of drug-likeness (QED) is 0.619. The van der Waals surface area contributed by atoms with Crippen LogP contribution in [0.3, 0.4) is 0 Å². The van der Waals surface area contributed by atoms with E-state index in [1.165, 1.54) is 17.2 Å². The van der Waals surface area contributed by atoms with Gasteiger partial charge in [0.25, 0.3) is 0 Å². The molecule has 0 unspecified atom stereocenters. The highest BCUT2D eigenvalue weighted by molar-refractivity contribution is 6.55. The van der Waals surface area contributed by atoms with Crippen LogP contribution in [0.15, 0.2) is 30.8 Å². The SMILES string of the molecule is C=Cc1ccccc1C[Si](C)C. The van der Waals surface area contributed by atoms with Gasteiger partial charge in [-0.25, -0.2) is 0 Å². The number of hydrogen-bond acceptors (Lipinski definition) is 0. The summed E-state index contributed by atoms with van der Waals surface area (Å²) in [5, 5.41) is 0. The summed E-state index contributed by atoms with van der Waals surface area (Å²) in [6, 6.07) is 9.75. The molecular formula is C11H15Si. The molecule has 0 aromatic heterocycles. The maximum atomic E-state index is 3.81. The van der Waals surface area contributed by atoms with Crippen molar-refractivity contribution in [3.63, 3.8) is 0 Å². The summed E-state index contributed by atoms with van der Waals surface area (Å²) in [5.41, 5.74) is 2.75. The van der Waals surface area contributed by atoms with Gasteiger partial charge in [-0.15, -0.1) is 0 Å². The number of hydrogen-bond donors (Lipinski definition) is 0. The summed E-state index contributed by atoms with van der Waals surface area (Å²) < 4.78 is 0. The van der Waals surface area contributed by atoms with Gasteiger partial charge in [0.05, 0.1) is 0 Å². The molecule has 0 spiro atoms. The lowest BCUT2D eigenvalue weighted by molar-refractivity contribution is 1.34. The van der Waals surface area contributed by atoms with Gasteiger partial charge in [-0.2, -0.15) is 0 Å². The zero-order valence-electron chi connectivity index (χ0n) is 7.80. The van der Waals surface area contributed by atoms with Gasteiger partial charge in [0.2, 0.25) is 0 Å². The van der Waals surface area contributed by atoms with E-state index in [1.54, 1.807) is 0 Å². The predicted molar refractivity (Wildman–Crippen MR) is 57.7 cm³/mol. The van der Waals surface area contributed by atoms with Gasteiger partial charge in [0, 0.05) is 8.80 Å². The fraction of sp³-hybridized carbons (Fsp3) is 0.273. The normalized spacial score (nSPS) is 10.2. The van der Waals surface area contributed by atoms with E-state index in [-0.39, 0.29) is 8.80 Å². The predicted octanol–water partition coefficient (Wildman–Crippen LogP) is 3.17. The molecule has 1 aromatic carbocycles. The molecule has 0 amide bonds. The molecule has 0 aliphatic rings. The first-order valence-electron chi connectivity index (χ1n) is 4.23. The molecule has 0 aliphatic carbocycles. The van der Waals surface area contributed by atoms with E-state index in [0.29, 0.717) is 0 Å². The minimum Gasteiger partial charge on any atom is -0.0985 e. The van der Waals surface area contributed by atoms with E-state index in [0.717, 1.165) is 0 Å². The molecule has 1 heteroatoms. The number of rotatable bonds is 3. The lowest BCUT2D eigenvalue weighted by Gasteiger charge is -2.06. The van der Waals surface area contributed by atoms with Crippen LogP contribution >= 0.6 is 0 Å². The highest BCUT2D eigenvalue weighted by Crippen LogP contribution is 2.11. The maximum absolute atomic E-state index is 3.81. The molecule has 0 saturated carbocycles. The monoisotopic (exact) mass is 175 g/mol. The van der Waals surface area contributed by atoms with Crippen LogP contribution in [-0.2, 0) is 6.04 Å². The lowest BCUT2D eigenvalue weighted by Crippen LogP contribution is -2.06. The molecule has 0 nitrogen and oxygen atoms in total. The third kappa shape index (κ3) is 2.34. The van der Waals surface area contributed by atoms with E-state index >= 15 is 0 Å². The van der Waals surface area contributed by atoms with Gasteiger partial charge in [-0.3, -0.25) is 0 Å². The fourth-order valence-electron chi connectivity index (χ4n) is 1.28. The van der Waals surface area contributed by atoms with Crippen molar-refractivity contribution in [2.75, 3.05) is 0 Å². The Kier molecular flexibility index (Phi) is 3.29. The van der Waals surface area contributed by atoms with E-state index in [9.17, 15) is 0 Å². The van der Waals surface area contributed by atoms with Gasteiger partial charge in [0.15, 0.2) is 0 Å². The summed E-state index contributed by atoms with van der Waals surface area (Å²) in [4.78, 5) is 0. The van der Waals surface area contributed by atoms with Crippen LogP contribution in [0.25, 0.3) is 6.08 Å². The van der Waals surface area contributed by atoms with E-state index in [4.69, 9.17) is 0 Å². The Morgan fingerprint density at radius 1 is 1.33 bits per heavy atom. The molecule has 0 N–H and O–H groups in total. The molecule has 12 heavy (non-hydrogen) atoms. The van der Waals surface area contributed by atoms with Crippen LogP contribution in [0.5, 0.6) is 0 Å². The first kappa shape index (κ1) is 9.27. The zero-order valence-corrected chi connectivity index (χ0v) is 8.80. The topological polar surface area (TPSA) is 0 Å². The molecule has 1 rings (SSSR count). The van der Waals surface area contributed by atoms with Crippen molar-refractivity contribution in [1.82, 2.24) is 0 Å². The Labute approximate surface area is 76.5 Å². The molecule has 0 saturated heterocycles. The molecule has 0 atom stereocenters. The third-order valence-corrected chi connectivity index (χ3v) is 2.91. The smallest absolute Gasteiger partial charge is 0.0460 e. The Morgan fingerprint density at radius 2 is 2.00 bits per heavy atom. The second kappa shape index (κ2) is 4.26. The average Bonchev–Trinajstić information content (AvgIpc) is 2.04. The standard InChI is InChI=1S/C11H15Si/c1-4-10-7-5-6-8-11(10)9-12(2)3/h4-8H,1,9H2,2-3H3. The Balaban J connectivity index is 2.89. The van der Waals surface area contributed by atoms with Crippen LogP contribution in [-0.4, -0.2) is 8.80 Å². The summed E-state index contributed by atoms with van der Waals surface area (Å²) in [7, 11) is -0.167. The molecule has 0 bridgehead atoms. The van der Waals surface area contributed by atoms with Crippen LogP contribution < -0.4 is 0 Å². The average molecular weight is 175 g/mol. The van der Waals surface area contributed by atoms with Gasteiger partial charge in [-0.1, -0.05) is 50.0 Å². The number of benzene rings is 1. The molecule has 1 aromatic rings. The molecule has 0 aliphatic heterocycles. The summed E-state index contributed by atoms with van der Waals surface area (Å²) in [5.74, 6) is 0. The molecule has 0 heterocycles. The molecular weight excluding hydrogens is 160 g/mol. The minimum absolute atomic E-state index is 0.167. The third-order valence-electron chi connectivity index (χ3n) is 1.82. The van der Waals surface area contributed by atoms with E-state index in [1.807, 2.05) is 6.08 Å². The van der Waals surface area contributed by atoms with Crippen LogP contribution in [0.2, 0.25) is 13.1 Å². The van der Waals surface area contributed by atoms with Crippen molar-refractivity contribution < 1.29 is 0 Å². The lowest BCUT2D eigenvalue weighted by atomic mass is 10.1. The van der Waals surface area contributed by atoms with Crippen LogP contribution in [0.1, 0.15) is 11.1 Å². The van der Waals surface area contributed by atoms with Crippen molar-refractivity contribution >= 4 is 14.9 Å². The van der Waals surface area contributed by atoms with Crippen molar-refractivity contribution in [2.45, 2.75) is 19.1 Å². The van der Waals surface area contributed by atoms with Gasteiger partial charge in [0.1, 0.15) is 0 Å². The van der Waals surface area contributed by atoms with Crippen molar-refractivity contribution in [3.8, 4) is 0 Å². The van der Waals surface area contributed by atoms with Gasteiger partial charge < -0.3 is 0 Å². The fourth-order valence-corrected chi connectivity index (χ4v) is 2.36. The maximum Gasteiger partial charge on any atom is 0.0460 e. The van der Waals surface area contributed by atoms with Crippen LogP contribution in [0.4, 0.5) is 0 Å². The van der Waals surface area contributed by atoms with E-state index < -0.39 is 0 Å². The second-order valence-corrected chi connectivity index (χ2v) is 6.05. The zero-order chi connectivity index (χ0) is 8.97. The highest BCUT2D eigenvalue weighted by Gasteiger charge is 2.01. The van der Waals surface area contributed by atoms with Gasteiger partial charge in [-0.05, 0) is 17.2 Å². The van der Waals surface area contributed by atoms with Crippen LogP contribution in [0, 0.1) is 0 Å². The van der Waals surface area contributed by atoms with Crippen molar-refractivity contribution in [2.24, 2.45) is 0 Å². The molecule has 0 fully saturated rings. The summed E-state index contributed by atoms with van der Waals surface area (Å²) in [6.07, 6.45) is 1.94. The first-order valence-corrected chi connectivity index (χ1v) is 6.94. The summed E-state index contributed by atoms with van der Waals surface area (Å²) in [6.45, 7) is 8.49. The summed E-state index contributed by atoms with van der Waals surface area (Å²) >= 11 is 0. The molecule has 63 valence electrons. The molecule has 1 radical (unpaired) electrons. The Bertz CT molecular complexity index is 263. The minimum atomic E-state index is -0.167. The Hall–Kier alpha value is -0.823. The van der Waals surface area contributed by atoms with Crippen molar-refractivity contribution in [3.05, 3.63) is 42.0 Å². The Morgan fingerprint density at radius 3 is 2.58 bits per heavy atom.